The molecule has 0 aliphatic rings. The highest BCUT2D eigenvalue weighted by atomic mass is 32.1. The monoisotopic (exact) mass is 462 g/mol. The number of nitrogens with zero attached hydrogens (tertiary/aromatic N) is 3. The van der Waals surface area contributed by atoms with Crippen molar-refractivity contribution in [1.29, 1.82) is 0 Å². The predicted molar refractivity (Wildman–Crippen MR) is 129 cm³/mol. The van der Waals surface area contributed by atoms with Crippen LogP contribution in [-0.4, -0.2) is 35.4 Å². The van der Waals surface area contributed by atoms with E-state index in [2.05, 4.69) is 15.5 Å². The fourth-order valence-electron chi connectivity index (χ4n) is 3.23. The van der Waals surface area contributed by atoms with Crippen LogP contribution in [0.15, 0.2) is 70.8 Å². The van der Waals surface area contributed by atoms with Gasteiger partial charge < -0.3 is 9.47 Å². The molecule has 9 heteroatoms. The molecule has 0 saturated heterocycles. The topological polar surface area (TPSA) is 94.8 Å². The van der Waals surface area contributed by atoms with Crippen LogP contribution in [0.4, 0.5) is 0 Å². The second-order valence-corrected chi connectivity index (χ2v) is 8.04. The number of benzene rings is 2. The second-order valence-electron chi connectivity index (χ2n) is 7.01. The summed E-state index contributed by atoms with van der Waals surface area (Å²) < 4.78 is 12.1. The normalized spacial score (nSPS) is 11.1. The highest BCUT2D eigenvalue weighted by molar-refractivity contribution is 7.21. The molecule has 2 heterocycles. The Morgan fingerprint density at radius 3 is 2.76 bits per heavy atom. The lowest BCUT2D eigenvalue weighted by atomic mass is 10.2. The number of nitrogens with one attached hydrogen (secondary N) is 1. The molecule has 2 aromatic carbocycles. The quantitative estimate of drug-likeness (QED) is 0.318. The van der Waals surface area contributed by atoms with Gasteiger partial charge in [-0.2, -0.15) is 5.10 Å². The van der Waals surface area contributed by atoms with Gasteiger partial charge in [0, 0.05) is 4.88 Å². The van der Waals surface area contributed by atoms with Crippen LogP contribution in [0.25, 0.3) is 20.7 Å². The Balaban J connectivity index is 1.45. The molecule has 0 unspecified atom stereocenters. The molecule has 168 valence electrons. The van der Waals surface area contributed by atoms with Crippen LogP contribution in [0.2, 0.25) is 0 Å². The van der Waals surface area contributed by atoms with Gasteiger partial charge in [0.25, 0.3) is 11.5 Å². The molecule has 0 aliphatic heterocycles. The van der Waals surface area contributed by atoms with Crippen LogP contribution in [0, 0.1) is 0 Å². The van der Waals surface area contributed by atoms with Crippen molar-refractivity contribution in [1.82, 2.24) is 15.0 Å². The highest BCUT2D eigenvalue weighted by Crippen LogP contribution is 2.30. The third-order valence-electron chi connectivity index (χ3n) is 4.78. The molecule has 4 rings (SSSR count). The van der Waals surface area contributed by atoms with E-state index in [0.29, 0.717) is 28.3 Å². The molecule has 4 aromatic rings. The van der Waals surface area contributed by atoms with Crippen LogP contribution in [0.1, 0.15) is 12.5 Å². The van der Waals surface area contributed by atoms with E-state index in [4.69, 9.17) is 9.47 Å². The summed E-state index contributed by atoms with van der Waals surface area (Å²) in [4.78, 5) is 31.1. The van der Waals surface area contributed by atoms with Crippen molar-refractivity contribution in [3.05, 3.63) is 76.8 Å². The van der Waals surface area contributed by atoms with Crippen molar-refractivity contribution in [3.8, 4) is 21.9 Å². The molecule has 0 atom stereocenters. The van der Waals surface area contributed by atoms with E-state index >= 15 is 0 Å². The Morgan fingerprint density at radius 1 is 1.18 bits per heavy atom. The average molecular weight is 463 g/mol. The first-order chi connectivity index (χ1) is 16.1. The van der Waals surface area contributed by atoms with Crippen molar-refractivity contribution in [2.24, 2.45) is 5.10 Å². The Bertz CT molecular complexity index is 1360. The van der Waals surface area contributed by atoms with E-state index in [1.807, 2.05) is 43.3 Å². The Labute approximate surface area is 194 Å². The van der Waals surface area contributed by atoms with Crippen LogP contribution < -0.4 is 20.5 Å². The third kappa shape index (κ3) is 5.09. The summed E-state index contributed by atoms with van der Waals surface area (Å²) in [6, 6.07) is 16.9. The zero-order chi connectivity index (χ0) is 23.2. The first-order valence-electron chi connectivity index (χ1n) is 10.3. The molecule has 0 radical (unpaired) electrons. The Hall–Kier alpha value is -3.98. The molecule has 2 aromatic heterocycles. The third-order valence-corrected chi connectivity index (χ3v) is 5.87. The molecule has 0 fully saturated rings. The Kier molecular flexibility index (Phi) is 6.80. The summed E-state index contributed by atoms with van der Waals surface area (Å²) in [7, 11) is 1.55. The largest absolute Gasteiger partial charge is 0.493 e. The molecule has 1 N–H and O–H groups in total. The maximum Gasteiger partial charge on any atom is 0.262 e. The van der Waals surface area contributed by atoms with Gasteiger partial charge in [-0.1, -0.05) is 30.3 Å². The Morgan fingerprint density at radius 2 is 2.00 bits per heavy atom. The molecule has 0 saturated carbocycles. The lowest BCUT2D eigenvalue weighted by Crippen LogP contribution is -2.29. The van der Waals surface area contributed by atoms with Gasteiger partial charge in [0.05, 0.1) is 31.6 Å². The molecular weight excluding hydrogens is 440 g/mol. The minimum absolute atomic E-state index is 0.192. The number of carbonyl (C=O) groups excluding carboxylic acids is 1. The van der Waals surface area contributed by atoms with Gasteiger partial charge in [0.1, 0.15) is 11.4 Å². The summed E-state index contributed by atoms with van der Waals surface area (Å²) in [6.07, 6.45) is 2.88. The zero-order valence-electron chi connectivity index (χ0n) is 18.1. The number of hydrazone groups is 1. The molecule has 33 heavy (non-hydrogen) atoms. The maximum absolute atomic E-state index is 12.8. The van der Waals surface area contributed by atoms with E-state index in [0.717, 1.165) is 16.0 Å². The van der Waals surface area contributed by atoms with Crippen LogP contribution in [0.3, 0.4) is 0 Å². The molecule has 8 nitrogen and oxygen atoms in total. The second kappa shape index (κ2) is 10.1. The van der Waals surface area contributed by atoms with E-state index < -0.39 is 5.91 Å². The summed E-state index contributed by atoms with van der Waals surface area (Å²) in [6.45, 7) is 2.23. The summed E-state index contributed by atoms with van der Waals surface area (Å²) >= 11 is 1.44. The number of carbonyl (C=O) groups is 1. The number of thiophene rings is 1. The summed E-state index contributed by atoms with van der Waals surface area (Å²) in [5.41, 5.74) is 3.91. The van der Waals surface area contributed by atoms with Gasteiger partial charge in [0.15, 0.2) is 11.5 Å². The average Bonchev–Trinajstić information content (AvgIpc) is 3.28. The number of methoxy groups -OCH3 is 1. The summed E-state index contributed by atoms with van der Waals surface area (Å²) in [5.74, 6) is 0.766. The van der Waals surface area contributed by atoms with Crippen molar-refractivity contribution in [2.75, 3.05) is 13.7 Å². The van der Waals surface area contributed by atoms with E-state index in [1.165, 1.54) is 28.4 Å². The molecule has 0 spiro atoms. The fraction of sp³-hybridized carbons (Fsp3) is 0.167. The number of ether oxygens (including phenoxy) is 2. The van der Waals surface area contributed by atoms with Gasteiger partial charge in [-0.15, -0.1) is 11.3 Å². The van der Waals surface area contributed by atoms with Crippen LogP contribution >= 0.6 is 11.3 Å². The lowest BCUT2D eigenvalue weighted by Gasteiger charge is -2.09. The van der Waals surface area contributed by atoms with Gasteiger partial charge in [-0.3, -0.25) is 14.2 Å². The van der Waals surface area contributed by atoms with Gasteiger partial charge in [-0.25, -0.2) is 10.4 Å². The SMILES string of the molecule is CCOc1ccc(/C=N/NC(=O)Cn2cnc3sc(-c4ccccc4)cc3c2=O)cc1OC. The molecule has 0 aliphatic carbocycles. The van der Waals surface area contributed by atoms with E-state index in [-0.39, 0.29) is 12.1 Å². The highest BCUT2D eigenvalue weighted by Gasteiger charge is 2.12. The number of fused-ring (bicyclic) bond motifs is 1. The van der Waals surface area contributed by atoms with Crippen molar-refractivity contribution in [2.45, 2.75) is 13.5 Å². The first-order valence-corrected chi connectivity index (χ1v) is 11.1. The van der Waals surface area contributed by atoms with Crippen molar-refractivity contribution < 1.29 is 14.3 Å². The van der Waals surface area contributed by atoms with Crippen LogP contribution in [0.5, 0.6) is 11.5 Å². The predicted octanol–water partition coefficient (Wildman–Crippen LogP) is 3.68. The standard InChI is InChI=1S/C24H22N4O4S/c1-3-32-19-10-9-16(11-20(19)31-2)13-26-27-22(29)14-28-15-25-23-18(24(28)30)12-21(33-23)17-7-5-4-6-8-17/h4-13,15H,3,14H2,1-2H3,(H,27,29)/b26-13+. The summed E-state index contributed by atoms with van der Waals surface area (Å²) in [5, 5.41) is 4.46. The maximum atomic E-state index is 12.8. The lowest BCUT2D eigenvalue weighted by molar-refractivity contribution is -0.121. The number of aromatic nitrogens is 2. The van der Waals surface area contributed by atoms with E-state index in [1.54, 1.807) is 25.3 Å². The van der Waals surface area contributed by atoms with Crippen LogP contribution in [-0.2, 0) is 11.3 Å². The minimum atomic E-state index is -0.439. The first kappa shape index (κ1) is 22.2. The number of amides is 1. The molecular formula is C24H22N4O4S. The zero-order valence-corrected chi connectivity index (χ0v) is 19.0. The van der Waals surface area contributed by atoms with Gasteiger partial charge in [-0.05, 0) is 42.3 Å². The number of hydrogen-bond donors (Lipinski definition) is 1. The smallest absolute Gasteiger partial charge is 0.262 e. The number of hydrogen-bond acceptors (Lipinski definition) is 7. The fourth-order valence-corrected chi connectivity index (χ4v) is 4.22. The van der Waals surface area contributed by atoms with Gasteiger partial charge >= 0.3 is 0 Å². The molecule has 0 bridgehead atoms. The molecule has 1 amide bonds. The van der Waals surface area contributed by atoms with Crippen molar-refractivity contribution in [3.63, 3.8) is 0 Å². The van der Waals surface area contributed by atoms with Crippen molar-refractivity contribution >= 4 is 33.7 Å². The number of rotatable bonds is 8. The van der Waals surface area contributed by atoms with E-state index in [9.17, 15) is 9.59 Å². The minimum Gasteiger partial charge on any atom is -0.493 e. The van der Waals surface area contributed by atoms with Gasteiger partial charge in [0.2, 0.25) is 0 Å².